The van der Waals surface area contributed by atoms with E-state index in [-0.39, 0.29) is 23.4 Å². The van der Waals surface area contributed by atoms with E-state index in [4.69, 9.17) is 4.98 Å². The van der Waals surface area contributed by atoms with Crippen LogP contribution in [0.2, 0.25) is 0 Å². The van der Waals surface area contributed by atoms with Crippen LogP contribution in [0.4, 0.5) is 5.69 Å². The lowest BCUT2D eigenvalue weighted by Gasteiger charge is -2.35. The van der Waals surface area contributed by atoms with Gasteiger partial charge in [-0.25, -0.2) is 14.1 Å². The fourth-order valence-corrected chi connectivity index (χ4v) is 5.31. The van der Waals surface area contributed by atoms with E-state index < -0.39 is 0 Å². The zero-order valence-electron chi connectivity index (χ0n) is 19.8. The molecule has 8 heteroatoms. The standard InChI is InChI=1S/C26H27N5O2S/c1-5-26(3)14-17-11-7-8-12-18(17)22-21(26)23(33)31-24(28-22)30(29-25(31)34-4)15-20(32)27-19-13-9-6-10-16(19)2/h6-13H,5,14-15H2,1-4H3,(H,27,32). The molecule has 1 N–H and O–H groups in total. The Hall–Kier alpha value is -3.39. The molecule has 0 radical (unpaired) electrons. The van der Waals surface area contributed by atoms with Gasteiger partial charge in [-0.1, -0.05) is 68.1 Å². The van der Waals surface area contributed by atoms with Crippen molar-refractivity contribution < 1.29 is 4.79 Å². The van der Waals surface area contributed by atoms with Gasteiger partial charge >= 0.3 is 0 Å². The van der Waals surface area contributed by atoms with Crippen LogP contribution in [0.1, 0.15) is 37.0 Å². The van der Waals surface area contributed by atoms with Crippen molar-refractivity contribution in [2.24, 2.45) is 0 Å². The lowest BCUT2D eigenvalue weighted by atomic mass is 9.69. The number of hydrogen-bond donors (Lipinski definition) is 1. The Kier molecular flexibility index (Phi) is 5.56. The number of anilines is 1. The molecule has 174 valence electrons. The molecule has 0 spiro atoms. The molecule has 1 unspecified atom stereocenters. The van der Waals surface area contributed by atoms with Crippen LogP contribution in [0, 0.1) is 6.92 Å². The molecule has 34 heavy (non-hydrogen) atoms. The van der Waals surface area contributed by atoms with Crippen LogP contribution < -0.4 is 10.9 Å². The van der Waals surface area contributed by atoms with Gasteiger partial charge in [0.2, 0.25) is 11.7 Å². The second kappa shape index (κ2) is 8.43. The van der Waals surface area contributed by atoms with E-state index in [1.807, 2.05) is 55.6 Å². The highest BCUT2D eigenvalue weighted by molar-refractivity contribution is 7.98. The molecule has 0 aliphatic heterocycles. The normalized spacial score (nSPS) is 16.8. The molecule has 5 rings (SSSR count). The molecule has 1 aliphatic carbocycles. The number of carbonyl (C=O) groups is 1. The summed E-state index contributed by atoms with van der Waals surface area (Å²) < 4.78 is 3.09. The third-order valence-electron chi connectivity index (χ3n) is 6.83. The highest BCUT2D eigenvalue weighted by atomic mass is 32.2. The topological polar surface area (TPSA) is 81.3 Å². The van der Waals surface area contributed by atoms with E-state index in [9.17, 15) is 9.59 Å². The molecule has 4 aromatic rings. The van der Waals surface area contributed by atoms with Gasteiger partial charge in [0, 0.05) is 16.7 Å². The van der Waals surface area contributed by atoms with Gasteiger partial charge in [0.25, 0.3) is 5.56 Å². The van der Waals surface area contributed by atoms with Gasteiger partial charge in [-0.15, -0.1) is 5.10 Å². The summed E-state index contributed by atoms with van der Waals surface area (Å²) in [4.78, 5) is 31.8. The summed E-state index contributed by atoms with van der Waals surface area (Å²) >= 11 is 1.37. The van der Waals surface area contributed by atoms with Crippen molar-refractivity contribution >= 4 is 29.1 Å². The van der Waals surface area contributed by atoms with E-state index in [2.05, 4.69) is 30.3 Å². The molecule has 7 nitrogen and oxygen atoms in total. The Bertz CT molecular complexity index is 1490. The molecule has 1 aliphatic rings. The SMILES string of the molecule is CCC1(C)Cc2ccccc2-c2nc3n(CC(=O)Nc4ccccc4C)nc(SC)n3c(=O)c21. The average molecular weight is 474 g/mol. The number of carbonyl (C=O) groups excluding carboxylic acids is 1. The van der Waals surface area contributed by atoms with Crippen LogP contribution >= 0.6 is 11.8 Å². The zero-order valence-corrected chi connectivity index (χ0v) is 20.6. The van der Waals surface area contributed by atoms with Crippen molar-refractivity contribution in [2.75, 3.05) is 11.6 Å². The van der Waals surface area contributed by atoms with E-state index in [1.54, 1.807) is 4.40 Å². The minimum absolute atomic E-state index is 0.0453. The van der Waals surface area contributed by atoms with Crippen LogP contribution in [0.3, 0.4) is 0 Å². The van der Waals surface area contributed by atoms with Crippen molar-refractivity contribution in [3.05, 3.63) is 75.6 Å². The molecule has 1 atom stereocenters. The quantitative estimate of drug-likeness (QED) is 0.433. The van der Waals surface area contributed by atoms with Gasteiger partial charge < -0.3 is 5.32 Å². The Balaban J connectivity index is 1.67. The fourth-order valence-electron chi connectivity index (χ4n) is 4.78. The predicted molar refractivity (Wildman–Crippen MR) is 136 cm³/mol. The Morgan fingerprint density at radius 3 is 2.65 bits per heavy atom. The molecule has 1 amide bonds. The first-order valence-corrected chi connectivity index (χ1v) is 12.6. The number of fused-ring (bicyclic) bond motifs is 4. The number of thioether (sulfide) groups is 1. The molecule has 2 aromatic heterocycles. The number of benzene rings is 2. The van der Waals surface area contributed by atoms with Crippen LogP contribution in [-0.4, -0.2) is 31.3 Å². The van der Waals surface area contributed by atoms with Gasteiger partial charge in [-0.05, 0) is 43.2 Å². The van der Waals surface area contributed by atoms with Crippen molar-refractivity contribution in [3.63, 3.8) is 0 Å². The molecular weight excluding hydrogens is 446 g/mol. The average Bonchev–Trinajstić information content (AvgIpc) is 3.18. The second-order valence-corrected chi connectivity index (χ2v) is 9.80. The number of aromatic nitrogens is 4. The van der Waals surface area contributed by atoms with Gasteiger partial charge in [0.1, 0.15) is 6.54 Å². The highest BCUT2D eigenvalue weighted by Crippen LogP contribution is 2.42. The van der Waals surface area contributed by atoms with Gasteiger partial charge in [0.15, 0.2) is 5.16 Å². The first-order chi connectivity index (χ1) is 16.4. The number of amides is 1. The molecule has 0 saturated heterocycles. The number of hydrogen-bond acceptors (Lipinski definition) is 5. The van der Waals surface area contributed by atoms with Gasteiger partial charge in [-0.3, -0.25) is 9.59 Å². The summed E-state index contributed by atoms with van der Waals surface area (Å²) in [6, 6.07) is 15.7. The molecule has 2 heterocycles. The minimum Gasteiger partial charge on any atom is -0.324 e. The molecule has 0 fully saturated rings. The van der Waals surface area contributed by atoms with E-state index in [0.29, 0.717) is 16.6 Å². The maximum Gasteiger partial charge on any atom is 0.265 e. The lowest BCUT2D eigenvalue weighted by Crippen LogP contribution is -2.38. The lowest BCUT2D eigenvalue weighted by molar-refractivity contribution is -0.116. The van der Waals surface area contributed by atoms with Crippen molar-refractivity contribution in [1.82, 2.24) is 19.2 Å². The molecular formula is C26H27N5O2S. The summed E-state index contributed by atoms with van der Waals surface area (Å²) in [6.45, 7) is 6.15. The van der Waals surface area contributed by atoms with Crippen LogP contribution in [0.15, 0.2) is 58.5 Å². The maximum absolute atomic E-state index is 13.9. The predicted octanol–water partition coefficient (Wildman–Crippen LogP) is 4.45. The molecule has 0 bridgehead atoms. The highest BCUT2D eigenvalue weighted by Gasteiger charge is 2.38. The molecule has 2 aromatic carbocycles. The van der Waals surface area contributed by atoms with Crippen LogP contribution in [0.5, 0.6) is 0 Å². The number of aryl methyl sites for hydroxylation is 1. The van der Waals surface area contributed by atoms with Crippen molar-refractivity contribution in [2.45, 2.75) is 50.7 Å². The zero-order chi connectivity index (χ0) is 24.0. The summed E-state index contributed by atoms with van der Waals surface area (Å²) in [7, 11) is 0. The second-order valence-electron chi connectivity index (χ2n) is 9.03. The van der Waals surface area contributed by atoms with Crippen LogP contribution in [-0.2, 0) is 23.2 Å². The molecule has 0 saturated carbocycles. The summed E-state index contributed by atoms with van der Waals surface area (Å²) in [5, 5.41) is 8.06. The summed E-state index contributed by atoms with van der Waals surface area (Å²) in [5.41, 5.74) is 4.89. The summed E-state index contributed by atoms with van der Waals surface area (Å²) in [5.74, 6) is 0.154. The maximum atomic E-state index is 13.9. The largest absolute Gasteiger partial charge is 0.324 e. The van der Waals surface area contributed by atoms with Crippen LogP contribution in [0.25, 0.3) is 17.0 Å². The Labute approximate surface area is 202 Å². The Morgan fingerprint density at radius 1 is 1.18 bits per heavy atom. The Morgan fingerprint density at radius 2 is 1.91 bits per heavy atom. The number of nitrogens with one attached hydrogen (secondary N) is 1. The number of rotatable bonds is 5. The monoisotopic (exact) mass is 473 g/mol. The first kappa shape index (κ1) is 22.4. The van der Waals surface area contributed by atoms with Gasteiger partial charge in [0.05, 0.1) is 11.3 Å². The fraction of sp³-hybridized carbons (Fsp3) is 0.308. The summed E-state index contributed by atoms with van der Waals surface area (Å²) in [6.07, 6.45) is 3.48. The van der Waals surface area contributed by atoms with E-state index in [1.165, 1.54) is 22.0 Å². The van der Waals surface area contributed by atoms with E-state index >= 15 is 0 Å². The number of para-hydroxylation sites is 1. The third-order valence-corrected chi connectivity index (χ3v) is 7.46. The number of nitrogens with zero attached hydrogens (tertiary/aromatic N) is 4. The third kappa shape index (κ3) is 3.53. The van der Waals surface area contributed by atoms with Crippen molar-refractivity contribution in [1.29, 1.82) is 0 Å². The smallest absolute Gasteiger partial charge is 0.265 e. The first-order valence-electron chi connectivity index (χ1n) is 11.4. The minimum atomic E-state index is -0.324. The van der Waals surface area contributed by atoms with E-state index in [0.717, 1.165) is 35.2 Å². The van der Waals surface area contributed by atoms with Crippen molar-refractivity contribution in [3.8, 4) is 11.3 Å². The van der Waals surface area contributed by atoms with Gasteiger partial charge in [-0.2, -0.15) is 0 Å².